The molecule has 0 amide bonds. The second-order valence-corrected chi connectivity index (χ2v) is 5.04. The zero-order chi connectivity index (χ0) is 14.5. The van der Waals surface area contributed by atoms with E-state index in [2.05, 4.69) is 21.2 Å². The summed E-state index contributed by atoms with van der Waals surface area (Å²) in [4.78, 5) is 10.5. The zero-order valence-corrected chi connectivity index (χ0v) is 12.4. The molecule has 6 heteroatoms. The molecular weight excluding hydrogens is 324 g/mol. The van der Waals surface area contributed by atoms with Gasteiger partial charge in [0.15, 0.2) is 5.75 Å². The lowest BCUT2D eigenvalue weighted by Crippen LogP contribution is -2.01. The number of hydrogen-bond acceptors (Lipinski definition) is 4. The molecule has 1 N–H and O–H groups in total. The first-order valence-electron chi connectivity index (χ1n) is 5.91. The molecule has 2 aromatic rings. The fourth-order valence-electron chi connectivity index (χ4n) is 1.76. The molecule has 0 aliphatic heterocycles. The molecule has 0 heterocycles. The van der Waals surface area contributed by atoms with Crippen molar-refractivity contribution in [2.75, 3.05) is 12.4 Å². The van der Waals surface area contributed by atoms with Crippen LogP contribution >= 0.6 is 15.9 Å². The highest BCUT2D eigenvalue weighted by atomic mass is 79.9. The molecule has 0 radical (unpaired) electrons. The Morgan fingerprint density at radius 3 is 2.55 bits per heavy atom. The summed E-state index contributed by atoms with van der Waals surface area (Å²) in [6, 6.07) is 12.7. The van der Waals surface area contributed by atoms with Crippen LogP contribution in [0.3, 0.4) is 0 Å². The largest absolute Gasteiger partial charge is 0.490 e. The summed E-state index contributed by atoms with van der Waals surface area (Å²) in [5.41, 5.74) is 1.75. The van der Waals surface area contributed by atoms with Crippen molar-refractivity contribution in [1.29, 1.82) is 0 Å². The van der Waals surface area contributed by atoms with E-state index in [1.807, 2.05) is 24.3 Å². The Morgan fingerprint density at radius 2 is 1.95 bits per heavy atom. The molecule has 0 unspecified atom stereocenters. The molecule has 2 aromatic carbocycles. The fourth-order valence-corrected chi connectivity index (χ4v) is 2.02. The summed E-state index contributed by atoms with van der Waals surface area (Å²) < 4.78 is 5.97. The molecule has 0 saturated carbocycles. The fraction of sp³-hybridized carbons (Fsp3) is 0.143. The van der Waals surface area contributed by atoms with Crippen molar-refractivity contribution in [1.82, 2.24) is 0 Å². The minimum Gasteiger partial charge on any atom is -0.490 e. The zero-order valence-electron chi connectivity index (χ0n) is 10.8. The SMILES string of the molecule is COc1ccc(CNc2ccc(Br)cc2)cc1[N+](=O)[O-]. The predicted molar refractivity (Wildman–Crippen MR) is 81.1 cm³/mol. The summed E-state index contributed by atoms with van der Waals surface area (Å²) in [5, 5.41) is 14.2. The van der Waals surface area contributed by atoms with Crippen molar-refractivity contribution in [2.24, 2.45) is 0 Å². The minimum absolute atomic E-state index is 0.0254. The summed E-state index contributed by atoms with van der Waals surface area (Å²) >= 11 is 3.37. The Hall–Kier alpha value is -2.08. The van der Waals surface area contributed by atoms with Crippen molar-refractivity contribution in [2.45, 2.75) is 6.54 Å². The summed E-state index contributed by atoms with van der Waals surface area (Å²) in [6.07, 6.45) is 0. The van der Waals surface area contributed by atoms with E-state index in [0.717, 1.165) is 15.7 Å². The van der Waals surface area contributed by atoms with E-state index in [4.69, 9.17) is 4.74 Å². The molecule has 0 fully saturated rings. The van der Waals surface area contributed by atoms with Crippen molar-refractivity contribution in [3.05, 3.63) is 62.6 Å². The van der Waals surface area contributed by atoms with Crippen LogP contribution in [0.2, 0.25) is 0 Å². The van der Waals surface area contributed by atoms with Crippen LogP contribution in [0.25, 0.3) is 0 Å². The smallest absolute Gasteiger partial charge is 0.311 e. The number of rotatable bonds is 5. The third-order valence-corrected chi connectivity index (χ3v) is 3.31. The van der Waals surface area contributed by atoms with E-state index in [9.17, 15) is 10.1 Å². The Labute approximate surface area is 124 Å². The number of nitrogens with one attached hydrogen (secondary N) is 1. The monoisotopic (exact) mass is 336 g/mol. The van der Waals surface area contributed by atoms with Gasteiger partial charge >= 0.3 is 5.69 Å². The average Bonchev–Trinajstić information content (AvgIpc) is 2.46. The van der Waals surface area contributed by atoms with Gasteiger partial charge in [0.05, 0.1) is 12.0 Å². The van der Waals surface area contributed by atoms with Crippen LogP contribution in [-0.4, -0.2) is 12.0 Å². The number of benzene rings is 2. The lowest BCUT2D eigenvalue weighted by Gasteiger charge is -2.08. The molecule has 104 valence electrons. The van der Waals surface area contributed by atoms with Gasteiger partial charge in [0, 0.05) is 22.8 Å². The van der Waals surface area contributed by atoms with Gasteiger partial charge in [-0.25, -0.2) is 0 Å². The molecule has 20 heavy (non-hydrogen) atoms. The lowest BCUT2D eigenvalue weighted by atomic mass is 10.2. The Balaban J connectivity index is 2.11. The van der Waals surface area contributed by atoms with Gasteiger partial charge in [0.2, 0.25) is 0 Å². The van der Waals surface area contributed by atoms with Crippen molar-refractivity contribution in [3.8, 4) is 5.75 Å². The van der Waals surface area contributed by atoms with Crippen LogP contribution in [0.5, 0.6) is 5.75 Å². The maximum atomic E-state index is 10.9. The molecular formula is C14H13BrN2O3. The molecule has 0 saturated heterocycles. The van der Waals surface area contributed by atoms with Gasteiger partial charge in [-0.3, -0.25) is 10.1 Å². The van der Waals surface area contributed by atoms with E-state index < -0.39 is 4.92 Å². The summed E-state index contributed by atoms with van der Waals surface area (Å²) in [6.45, 7) is 0.506. The first-order valence-corrected chi connectivity index (χ1v) is 6.70. The molecule has 0 bridgehead atoms. The van der Waals surface area contributed by atoms with Gasteiger partial charge in [-0.2, -0.15) is 0 Å². The first-order chi connectivity index (χ1) is 9.60. The normalized spacial score (nSPS) is 10.1. The highest BCUT2D eigenvalue weighted by Crippen LogP contribution is 2.27. The first kappa shape index (κ1) is 14.3. The third-order valence-electron chi connectivity index (χ3n) is 2.78. The van der Waals surface area contributed by atoms with Gasteiger partial charge in [0.1, 0.15) is 0 Å². The van der Waals surface area contributed by atoms with Gasteiger partial charge < -0.3 is 10.1 Å². The number of halogens is 1. The third kappa shape index (κ3) is 3.48. The van der Waals surface area contributed by atoms with Crippen LogP contribution < -0.4 is 10.1 Å². The molecule has 0 atom stereocenters. The molecule has 5 nitrogen and oxygen atoms in total. The van der Waals surface area contributed by atoms with E-state index in [-0.39, 0.29) is 11.4 Å². The van der Waals surface area contributed by atoms with Gasteiger partial charge in [-0.1, -0.05) is 22.0 Å². The number of nitrogens with zero attached hydrogens (tertiary/aromatic N) is 1. The molecule has 0 aliphatic carbocycles. The maximum Gasteiger partial charge on any atom is 0.311 e. The number of methoxy groups -OCH3 is 1. The maximum absolute atomic E-state index is 10.9. The molecule has 2 rings (SSSR count). The van der Waals surface area contributed by atoms with Crippen LogP contribution in [0.15, 0.2) is 46.9 Å². The topological polar surface area (TPSA) is 64.4 Å². The average molecular weight is 337 g/mol. The van der Waals surface area contributed by atoms with Gasteiger partial charge in [-0.05, 0) is 35.9 Å². The minimum atomic E-state index is -0.442. The Kier molecular flexibility index (Phi) is 4.57. The van der Waals surface area contributed by atoms with Crippen LogP contribution in [0, 0.1) is 10.1 Å². The number of ether oxygens (including phenoxy) is 1. The highest BCUT2D eigenvalue weighted by molar-refractivity contribution is 9.10. The standard InChI is InChI=1S/C14H13BrN2O3/c1-20-14-7-2-10(8-13(14)17(18)19)9-16-12-5-3-11(15)4-6-12/h2-8,16H,9H2,1H3. The number of nitro groups is 1. The van der Waals surface area contributed by atoms with E-state index in [1.54, 1.807) is 12.1 Å². The van der Waals surface area contributed by atoms with Crippen molar-refractivity contribution < 1.29 is 9.66 Å². The van der Waals surface area contributed by atoms with E-state index in [0.29, 0.717) is 6.54 Å². The summed E-state index contributed by atoms with van der Waals surface area (Å²) in [7, 11) is 1.42. The van der Waals surface area contributed by atoms with Crippen molar-refractivity contribution in [3.63, 3.8) is 0 Å². The molecule has 0 spiro atoms. The second-order valence-electron chi connectivity index (χ2n) is 4.12. The lowest BCUT2D eigenvalue weighted by molar-refractivity contribution is -0.385. The van der Waals surface area contributed by atoms with Gasteiger partial charge in [0.25, 0.3) is 0 Å². The second kappa shape index (κ2) is 6.38. The number of hydrogen-bond donors (Lipinski definition) is 1. The highest BCUT2D eigenvalue weighted by Gasteiger charge is 2.14. The molecule has 0 aromatic heterocycles. The van der Waals surface area contributed by atoms with Crippen LogP contribution in [0.4, 0.5) is 11.4 Å². The van der Waals surface area contributed by atoms with Crippen LogP contribution in [-0.2, 0) is 6.54 Å². The predicted octanol–water partition coefficient (Wildman–Crippen LogP) is 3.98. The Morgan fingerprint density at radius 1 is 1.25 bits per heavy atom. The van der Waals surface area contributed by atoms with Crippen LogP contribution in [0.1, 0.15) is 5.56 Å². The number of anilines is 1. The van der Waals surface area contributed by atoms with Gasteiger partial charge in [-0.15, -0.1) is 0 Å². The Bertz CT molecular complexity index is 614. The van der Waals surface area contributed by atoms with E-state index >= 15 is 0 Å². The molecule has 0 aliphatic rings. The van der Waals surface area contributed by atoms with E-state index in [1.165, 1.54) is 13.2 Å². The summed E-state index contributed by atoms with van der Waals surface area (Å²) in [5.74, 6) is 0.266. The van der Waals surface area contributed by atoms with Crippen molar-refractivity contribution >= 4 is 27.3 Å². The quantitative estimate of drug-likeness (QED) is 0.662. The number of nitro benzene ring substituents is 1.